The number of amides is 1. The lowest BCUT2D eigenvalue weighted by molar-refractivity contribution is -0.437. The van der Waals surface area contributed by atoms with Crippen LogP contribution in [0.5, 0.6) is 0 Å². The Hall–Kier alpha value is -2.26. The molecule has 0 spiro atoms. The monoisotopic (exact) mass is 540 g/mol. The molecule has 2 aromatic rings. The van der Waals surface area contributed by atoms with E-state index >= 15 is 0 Å². The van der Waals surface area contributed by atoms with Crippen molar-refractivity contribution in [1.29, 1.82) is 0 Å². The first-order valence-corrected chi connectivity index (χ1v) is 15.5. The van der Waals surface area contributed by atoms with Crippen molar-refractivity contribution in [1.82, 2.24) is 5.32 Å². The lowest BCUT2D eigenvalue weighted by Crippen LogP contribution is -2.33. The number of para-hydroxylation sites is 1. The molecule has 6 nitrogen and oxygen atoms in total. The van der Waals surface area contributed by atoms with E-state index in [2.05, 4.69) is 72.3 Å². The van der Waals surface area contributed by atoms with Crippen molar-refractivity contribution in [3.05, 3.63) is 65.7 Å². The van der Waals surface area contributed by atoms with Crippen LogP contribution in [0.4, 0.5) is 11.4 Å². The van der Waals surface area contributed by atoms with Crippen LogP contribution in [0, 0.1) is 5.92 Å². The second kappa shape index (κ2) is 13.0. The third-order valence-electron chi connectivity index (χ3n) is 7.08. The second-order valence-electron chi connectivity index (χ2n) is 9.95. The quantitative estimate of drug-likeness (QED) is 0.214. The summed E-state index contributed by atoms with van der Waals surface area (Å²) in [7, 11) is 3.57. The Balaban J connectivity index is 1.49. The zero-order valence-corrected chi connectivity index (χ0v) is 23.4. The number of nitrogens with one attached hydrogen (secondary N) is 1. The fourth-order valence-electron chi connectivity index (χ4n) is 5.02. The molecule has 0 aliphatic carbocycles. The fourth-order valence-corrected chi connectivity index (χ4v) is 7.79. The molecule has 3 N–H and O–H groups in total. The van der Waals surface area contributed by atoms with Crippen LogP contribution in [0.1, 0.15) is 31.4 Å². The lowest BCUT2D eigenvalue weighted by Gasteiger charge is -2.22. The summed E-state index contributed by atoms with van der Waals surface area (Å²) in [5, 5.41) is 21.8. The summed E-state index contributed by atoms with van der Waals surface area (Å²) >= 11 is 0. The number of aliphatic hydroxyl groups excluding tert-OH is 2. The highest BCUT2D eigenvalue weighted by Gasteiger charge is 2.43. The Kier molecular flexibility index (Phi) is 9.76. The third kappa shape index (κ3) is 6.60. The number of hydrogen-bond acceptors (Lipinski definition) is 6. The van der Waals surface area contributed by atoms with Crippen LogP contribution in [-0.2, 0) is 10.2 Å². The molecule has 2 aliphatic heterocycles. The maximum Gasteiger partial charge on any atom is 0.224 e. The third-order valence-corrected chi connectivity index (χ3v) is 9.64. The normalized spacial score (nSPS) is 17.0. The molecule has 2 aliphatic rings. The van der Waals surface area contributed by atoms with E-state index in [1.165, 1.54) is 17.0 Å². The van der Waals surface area contributed by atoms with Gasteiger partial charge in [0.15, 0.2) is 12.3 Å². The van der Waals surface area contributed by atoms with Crippen LogP contribution in [0.3, 0.4) is 0 Å². The highest BCUT2D eigenvalue weighted by atomic mass is 33.1. The summed E-state index contributed by atoms with van der Waals surface area (Å²) in [6.45, 7) is 7.15. The number of fused-ring (bicyclic) bond motifs is 1. The zero-order valence-electron chi connectivity index (χ0n) is 21.7. The van der Waals surface area contributed by atoms with E-state index in [0.717, 1.165) is 35.7 Å². The average Bonchev–Trinajstić information content (AvgIpc) is 3.51. The fraction of sp³-hybridized carbons (Fsp3) is 0.448. The SMILES string of the molecule is CC1(C)C(/C=C/c2ccc(N(CCO)CCO)cc2)=[N+](CCCNC(=O)C2CSSC2)c2ccccc21. The molecule has 8 heteroatoms. The Morgan fingerprint density at radius 3 is 2.41 bits per heavy atom. The molecule has 0 bridgehead atoms. The molecular formula is C29H38N3O3S2+. The summed E-state index contributed by atoms with van der Waals surface area (Å²) in [5.41, 5.74) is 5.75. The predicted octanol–water partition coefficient (Wildman–Crippen LogP) is 4.08. The van der Waals surface area contributed by atoms with Gasteiger partial charge in [0.05, 0.1) is 24.5 Å². The maximum atomic E-state index is 12.4. The summed E-state index contributed by atoms with van der Waals surface area (Å²) in [6, 6.07) is 16.8. The molecule has 1 amide bonds. The maximum absolute atomic E-state index is 12.4. The molecule has 2 aromatic carbocycles. The molecule has 37 heavy (non-hydrogen) atoms. The molecule has 0 aromatic heterocycles. The number of nitrogens with zero attached hydrogens (tertiary/aromatic N) is 2. The van der Waals surface area contributed by atoms with Gasteiger partial charge in [0.1, 0.15) is 0 Å². The first-order valence-electron chi connectivity index (χ1n) is 13.0. The number of allylic oxidation sites excluding steroid dienone is 1. The first-order chi connectivity index (χ1) is 18.0. The van der Waals surface area contributed by atoms with E-state index in [-0.39, 0.29) is 30.5 Å². The van der Waals surface area contributed by atoms with E-state index < -0.39 is 0 Å². The van der Waals surface area contributed by atoms with Crippen molar-refractivity contribution in [3.63, 3.8) is 0 Å². The number of hydrogen-bond donors (Lipinski definition) is 3. The van der Waals surface area contributed by atoms with Crippen molar-refractivity contribution in [2.75, 3.05) is 55.8 Å². The molecule has 198 valence electrons. The predicted molar refractivity (Wildman–Crippen MR) is 157 cm³/mol. The van der Waals surface area contributed by atoms with Gasteiger partial charge in [0.2, 0.25) is 11.6 Å². The van der Waals surface area contributed by atoms with Gasteiger partial charge in [0, 0.05) is 61.0 Å². The van der Waals surface area contributed by atoms with E-state index in [4.69, 9.17) is 0 Å². The number of carbonyl (C=O) groups excluding carboxylic acids is 1. The zero-order chi connectivity index (χ0) is 26.3. The molecule has 0 atom stereocenters. The summed E-state index contributed by atoms with van der Waals surface area (Å²) in [6.07, 6.45) is 5.25. The van der Waals surface area contributed by atoms with Gasteiger partial charge in [-0.05, 0) is 37.6 Å². The van der Waals surface area contributed by atoms with Crippen molar-refractivity contribution < 1.29 is 19.6 Å². The van der Waals surface area contributed by atoms with Gasteiger partial charge in [0.25, 0.3) is 0 Å². The Bertz CT molecular complexity index is 1120. The number of carbonyl (C=O) groups is 1. The Morgan fingerprint density at radius 2 is 1.73 bits per heavy atom. The lowest BCUT2D eigenvalue weighted by atomic mass is 9.81. The van der Waals surface area contributed by atoms with Crippen molar-refractivity contribution >= 4 is 50.7 Å². The van der Waals surface area contributed by atoms with Crippen LogP contribution < -0.4 is 10.2 Å². The molecular weight excluding hydrogens is 502 g/mol. The molecule has 1 saturated heterocycles. The number of anilines is 1. The van der Waals surface area contributed by atoms with Crippen LogP contribution in [-0.4, -0.2) is 77.3 Å². The van der Waals surface area contributed by atoms with Crippen molar-refractivity contribution in [2.24, 2.45) is 5.92 Å². The van der Waals surface area contributed by atoms with Crippen LogP contribution in [0.25, 0.3) is 6.08 Å². The molecule has 1 fully saturated rings. The average molecular weight is 541 g/mol. The van der Waals surface area contributed by atoms with Crippen molar-refractivity contribution in [3.8, 4) is 0 Å². The first kappa shape index (κ1) is 27.8. The van der Waals surface area contributed by atoms with E-state index in [0.29, 0.717) is 19.6 Å². The van der Waals surface area contributed by atoms with E-state index in [1.54, 1.807) is 21.6 Å². The smallest absolute Gasteiger partial charge is 0.224 e. The van der Waals surface area contributed by atoms with E-state index in [9.17, 15) is 15.0 Å². The Labute approximate surface area is 228 Å². The van der Waals surface area contributed by atoms with E-state index in [1.807, 2.05) is 17.0 Å². The van der Waals surface area contributed by atoms with Crippen molar-refractivity contribution in [2.45, 2.75) is 25.7 Å². The molecule has 0 unspecified atom stereocenters. The van der Waals surface area contributed by atoms with Crippen LogP contribution in [0.15, 0.2) is 54.6 Å². The minimum absolute atomic E-state index is 0.0495. The van der Waals surface area contributed by atoms with Gasteiger partial charge in [-0.15, -0.1) is 0 Å². The molecule has 0 saturated carbocycles. The minimum Gasteiger partial charge on any atom is -0.395 e. The second-order valence-corrected chi connectivity index (χ2v) is 12.5. The standard InChI is InChI=1S/C29H37N3O3S2/c1-29(2)25-6-3-4-7-26(25)32(15-5-14-30-28(35)23-20-36-37-21-23)27(29)13-10-22-8-11-24(12-9-22)31(16-18-33)17-19-34/h3-4,6-13,23,33-34H,5,14-21H2,1-2H3/p+1. The topological polar surface area (TPSA) is 75.8 Å². The molecule has 4 rings (SSSR count). The summed E-state index contributed by atoms with van der Waals surface area (Å²) < 4.78 is 2.40. The van der Waals surface area contributed by atoms with Gasteiger partial charge in [-0.25, -0.2) is 0 Å². The molecule has 0 radical (unpaired) electrons. The largest absolute Gasteiger partial charge is 0.395 e. The number of aliphatic hydroxyl groups is 2. The highest BCUT2D eigenvalue weighted by molar-refractivity contribution is 8.77. The van der Waals surface area contributed by atoms with Gasteiger partial charge in [-0.2, -0.15) is 4.58 Å². The number of benzene rings is 2. The summed E-state index contributed by atoms with van der Waals surface area (Å²) in [5.74, 6) is 2.14. The van der Waals surface area contributed by atoms with Gasteiger partial charge >= 0.3 is 0 Å². The van der Waals surface area contributed by atoms with Gasteiger partial charge in [-0.1, -0.05) is 51.9 Å². The Morgan fingerprint density at radius 1 is 1.05 bits per heavy atom. The van der Waals surface area contributed by atoms with Gasteiger partial charge in [-0.3, -0.25) is 4.79 Å². The highest BCUT2D eigenvalue weighted by Crippen LogP contribution is 2.40. The minimum atomic E-state index is -0.131. The van der Waals surface area contributed by atoms with Crippen LogP contribution >= 0.6 is 21.6 Å². The van der Waals surface area contributed by atoms with Crippen LogP contribution in [0.2, 0.25) is 0 Å². The summed E-state index contributed by atoms with van der Waals surface area (Å²) in [4.78, 5) is 14.4. The van der Waals surface area contributed by atoms with Gasteiger partial charge < -0.3 is 20.4 Å². The number of rotatable bonds is 12. The molecule has 2 heterocycles.